The molecule has 3 heterocycles. The van der Waals surface area contributed by atoms with Crippen molar-refractivity contribution < 1.29 is 14.3 Å². The van der Waals surface area contributed by atoms with Gasteiger partial charge in [-0.05, 0) is 31.0 Å². The maximum absolute atomic E-state index is 11.8. The van der Waals surface area contributed by atoms with Gasteiger partial charge >= 0.3 is 0 Å². The van der Waals surface area contributed by atoms with Gasteiger partial charge in [-0.2, -0.15) is 0 Å². The molecule has 1 aromatic heterocycles. The van der Waals surface area contributed by atoms with Gasteiger partial charge < -0.3 is 14.8 Å². The van der Waals surface area contributed by atoms with E-state index in [0.717, 1.165) is 53.9 Å². The largest absolute Gasteiger partial charge is 0.462 e. The van der Waals surface area contributed by atoms with E-state index in [1.807, 2.05) is 12.1 Å². The van der Waals surface area contributed by atoms with Crippen LogP contribution < -0.4 is 10.1 Å². The fraction of sp³-hybridized carbons (Fsp3) is 0.524. The molecule has 1 aromatic carbocycles. The molecule has 7 heteroatoms. The number of rotatable bonds is 3. The molecule has 2 aromatic rings. The second-order valence-corrected chi connectivity index (χ2v) is 8.88. The van der Waals surface area contributed by atoms with E-state index in [9.17, 15) is 4.79 Å². The number of hydrogen-bond donors (Lipinski definition) is 1. The van der Waals surface area contributed by atoms with Gasteiger partial charge in [0.05, 0.1) is 12.8 Å². The normalized spacial score (nSPS) is 21.6. The average molecular weight is 400 g/mol. The first-order valence-corrected chi connectivity index (χ1v) is 10.9. The molecule has 1 saturated carbocycles. The number of aromatic nitrogens is 1. The summed E-state index contributed by atoms with van der Waals surface area (Å²) in [6.07, 6.45) is 7.53. The van der Waals surface area contributed by atoms with Crippen LogP contribution in [0.2, 0.25) is 0 Å². The zero-order valence-electron chi connectivity index (χ0n) is 16.1. The van der Waals surface area contributed by atoms with Crippen LogP contribution in [0.3, 0.4) is 0 Å². The van der Waals surface area contributed by atoms with Gasteiger partial charge in [-0.25, -0.2) is 4.98 Å². The summed E-state index contributed by atoms with van der Waals surface area (Å²) in [5.74, 6) is 0.334. The SMILES string of the molecule is CNC(=O)c1cnc(-c2ccc3c(c2)COC2(CCN(C4CCC4)CC2)O3)s1. The Morgan fingerprint density at radius 3 is 2.86 bits per heavy atom. The van der Waals surface area contributed by atoms with Gasteiger partial charge in [-0.1, -0.05) is 6.42 Å². The number of piperidine rings is 1. The van der Waals surface area contributed by atoms with E-state index >= 15 is 0 Å². The van der Waals surface area contributed by atoms with Gasteiger partial charge in [0.25, 0.3) is 5.91 Å². The first-order chi connectivity index (χ1) is 13.7. The number of thiazole rings is 1. The van der Waals surface area contributed by atoms with Crippen LogP contribution in [0.25, 0.3) is 10.6 Å². The topological polar surface area (TPSA) is 63.7 Å². The molecule has 2 aliphatic heterocycles. The Morgan fingerprint density at radius 1 is 1.32 bits per heavy atom. The van der Waals surface area contributed by atoms with Crippen molar-refractivity contribution in [1.82, 2.24) is 15.2 Å². The van der Waals surface area contributed by atoms with Gasteiger partial charge in [0.2, 0.25) is 5.79 Å². The molecule has 2 fully saturated rings. The highest BCUT2D eigenvalue weighted by Gasteiger charge is 2.42. The van der Waals surface area contributed by atoms with Gasteiger partial charge in [0.15, 0.2) is 0 Å². The highest BCUT2D eigenvalue weighted by atomic mass is 32.1. The number of carbonyl (C=O) groups is 1. The van der Waals surface area contributed by atoms with Gasteiger partial charge in [-0.15, -0.1) is 11.3 Å². The summed E-state index contributed by atoms with van der Waals surface area (Å²) in [5.41, 5.74) is 2.03. The lowest BCUT2D eigenvalue weighted by atomic mass is 9.89. The number of amides is 1. The molecule has 148 valence electrons. The van der Waals surface area contributed by atoms with Crippen molar-refractivity contribution in [2.45, 2.75) is 50.5 Å². The highest BCUT2D eigenvalue weighted by molar-refractivity contribution is 7.16. The molecule has 0 atom stereocenters. The standard InChI is InChI=1S/C21H25N3O3S/c1-22-19(25)18-12-23-20(28-18)14-5-6-17-15(11-14)13-26-21(27-17)7-9-24(10-8-21)16-3-2-4-16/h5-6,11-12,16H,2-4,7-10,13H2,1H3,(H,22,25). The van der Waals surface area contributed by atoms with Gasteiger partial charge in [0, 0.05) is 50.1 Å². The summed E-state index contributed by atoms with van der Waals surface area (Å²) >= 11 is 1.39. The number of nitrogens with one attached hydrogen (secondary N) is 1. The Hall–Kier alpha value is -1.96. The highest BCUT2D eigenvalue weighted by Crippen LogP contribution is 2.40. The molecule has 5 rings (SSSR count). The third kappa shape index (κ3) is 3.21. The third-order valence-electron chi connectivity index (χ3n) is 6.20. The van der Waals surface area contributed by atoms with Gasteiger partial charge in [0.1, 0.15) is 15.6 Å². The Bertz CT molecular complexity index is 885. The zero-order valence-corrected chi connectivity index (χ0v) is 16.9. The first kappa shape index (κ1) is 18.1. The van der Waals surface area contributed by atoms with E-state index in [-0.39, 0.29) is 5.91 Å². The molecular formula is C21H25N3O3S. The number of likely N-dealkylation sites (tertiary alicyclic amines) is 1. The van der Waals surface area contributed by atoms with Crippen LogP contribution in [0.1, 0.15) is 47.3 Å². The number of nitrogens with zero attached hydrogens (tertiary/aromatic N) is 2. The number of hydrogen-bond acceptors (Lipinski definition) is 6. The van der Waals surface area contributed by atoms with E-state index in [0.29, 0.717) is 11.5 Å². The van der Waals surface area contributed by atoms with Crippen molar-refractivity contribution in [2.24, 2.45) is 0 Å². The minimum Gasteiger partial charge on any atom is -0.462 e. The molecule has 3 aliphatic rings. The van der Waals surface area contributed by atoms with E-state index in [4.69, 9.17) is 9.47 Å². The average Bonchev–Trinajstić information content (AvgIpc) is 3.18. The van der Waals surface area contributed by atoms with Crippen LogP contribution in [-0.2, 0) is 11.3 Å². The Morgan fingerprint density at radius 2 is 2.14 bits per heavy atom. The Kier molecular flexibility index (Phi) is 4.61. The molecule has 0 unspecified atom stereocenters. The first-order valence-electron chi connectivity index (χ1n) is 10.0. The number of ether oxygens (including phenoxy) is 2. The van der Waals surface area contributed by atoms with Crippen LogP contribution in [0.15, 0.2) is 24.4 Å². The second kappa shape index (κ2) is 7.13. The summed E-state index contributed by atoms with van der Waals surface area (Å²) < 4.78 is 12.6. The van der Waals surface area contributed by atoms with Crippen molar-refractivity contribution in [3.63, 3.8) is 0 Å². The lowest BCUT2D eigenvalue weighted by Crippen LogP contribution is -2.54. The summed E-state index contributed by atoms with van der Waals surface area (Å²) in [4.78, 5) is 19.4. The molecule has 1 saturated heterocycles. The van der Waals surface area contributed by atoms with Crippen LogP contribution in [0.4, 0.5) is 0 Å². The minimum atomic E-state index is -0.470. The number of carbonyl (C=O) groups excluding carboxylic acids is 1. The van der Waals surface area contributed by atoms with Crippen molar-refractivity contribution in [2.75, 3.05) is 20.1 Å². The lowest BCUT2D eigenvalue weighted by Gasteiger charge is -2.47. The summed E-state index contributed by atoms with van der Waals surface area (Å²) in [7, 11) is 1.63. The van der Waals surface area contributed by atoms with Crippen LogP contribution in [-0.4, -0.2) is 47.8 Å². The predicted molar refractivity (Wildman–Crippen MR) is 108 cm³/mol. The quantitative estimate of drug-likeness (QED) is 0.857. The molecule has 0 radical (unpaired) electrons. The molecule has 1 aliphatic carbocycles. The lowest BCUT2D eigenvalue weighted by molar-refractivity contribution is -0.231. The fourth-order valence-electron chi connectivity index (χ4n) is 4.23. The Balaban J connectivity index is 1.30. The molecule has 28 heavy (non-hydrogen) atoms. The van der Waals surface area contributed by atoms with E-state index in [2.05, 4.69) is 21.3 Å². The maximum atomic E-state index is 11.8. The monoisotopic (exact) mass is 399 g/mol. The Labute approximate surface area is 168 Å². The molecule has 1 N–H and O–H groups in total. The molecule has 0 bridgehead atoms. The van der Waals surface area contributed by atoms with E-state index < -0.39 is 5.79 Å². The molecule has 1 amide bonds. The van der Waals surface area contributed by atoms with Crippen LogP contribution in [0, 0.1) is 0 Å². The van der Waals surface area contributed by atoms with E-state index in [1.165, 1.54) is 30.6 Å². The zero-order chi connectivity index (χ0) is 19.1. The predicted octanol–water partition coefficient (Wildman–Crippen LogP) is 3.42. The molecular weight excluding hydrogens is 374 g/mol. The molecule has 6 nitrogen and oxygen atoms in total. The van der Waals surface area contributed by atoms with Crippen LogP contribution in [0.5, 0.6) is 5.75 Å². The fourth-order valence-corrected chi connectivity index (χ4v) is 5.09. The molecule has 1 spiro atoms. The summed E-state index contributed by atoms with van der Waals surface area (Å²) in [5, 5.41) is 3.46. The minimum absolute atomic E-state index is 0.108. The van der Waals surface area contributed by atoms with Crippen molar-refractivity contribution >= 4 is 17.2 Å². The third-order valence-corrected chi connectivity index (χ3v) is 7.25. The summed E-state index contributed by atoms with van der Waals surface area (Å²) in [6.45, 7) is 2.67. The maximum Gasteiger partial charge on any atom is 0.262 e. The second-order valence-electron chi connectivity index (χ2n) is 7.85. The van der Waals surface area contributed by atoms with Crippen LogP contribution >= 0.6 is 11.3 Å². The van der Waals surface area contributed by atoms with Crippen molar-refractivity contribution in [1.29, 1.82) is 0 Å². The van der Waals surface area contributed by atoms with E-state index in [1.54, 1.807) is 13.2 Å². The smallest absolute Gasteiger partial charge is 0.262 e. The summed E-state index contributed by atoms with van der Waals surface area (Å²) in [6, 6.07) is 6.90. The number of fused-ring (bicyclic) bond motifs is 1. The van der Waals surface area contributed by atoms with Gasteiger partial charge in [-0.3, -0.25) is 9.69 Å². The number of benzene rings is 1. The van der Waals surface area contributed by atoms with Crippen molar-refractivity contribution in [3.8, 4) is 16.3 Å². The van der Waals surface area contributed by atoms with Crippen molar-refractivity contribution in [3.05, 3.63) is 34.8 Å².